The molecule has 0 unspecified atom stereocenters. The van der Waals surface area contributed by atoms with Gasteiger partial charge in [-0.2, -0.15) is 5.26 Å². The molecule has 2 aromatic carbocycles. The minimum atomic E-state index is -0.398. The second-order valence-electron chi connectivity index (χ2n) is 3.80. The van der Waals surface area contributed by atoms with Crippen LogP contribution in [0.25, 0.3) is 11.1 Å². The summed E-state index contributed by atoms with van der Waals surface area (Å²) in [5, 5.41) is 9.01. The lowest BCUT2D eigenvalue weighted by molar-refractivity contribution is 0.631. The van der Waals surface area contributed by atoms with Crippen molar-refractivity contribution in [1.82, 2.24) is 0 Å². The van der Waals surface area contributed by atoms with Gasteiger partial charge in [0.2, 0.25) is 0 Å². The van der Waals surface area contributed by atoms with Gasteiger partial charge in [0.25, 0.3) is 0 Å². The summed E-state index contributed by atoms with van der Waals surface area (Å²) in [6.07, 6.45) is 0. The van der Waals surface area contributed by atoms with Gasteiger partial charge in [0.1, 0.15) is 11.9 Å². The first kappa shape index (κ1) is 11.2. The summed E-state index contributed by atoms with van der Waals surface area (Å²) in [4.78, 5) is 0. The summed E-state index contributed by atoms with van der Waals surface area (Å²) < 4.78 is 13.9. The van der Waals surface area contributed by atoms with E-state index in [1.165, 1.54) is 6.07 Å². The lowest BCUT2D eigenvalue weighted by atomic mass is 9.95. The van der Waals surface area contributed by atoms with Crippen molar-refractivity contribution in [2.24, 2.45) is 0 Å². The van der Waals surface area contributed by atoms with Gasteiger partial charge in [0.05, 0.1) is 11.3 Å². The third kappa shape index (κ3) is 1.85. The summed E-state index contributed by atoms with van der Waals surface area (Å²) in [6, 6.07) is 12.3. The molecule has 0 saturated carbocycles. The third-order valence-electron chi connectivity index (χ3n) is 2.73. The van der Waals surface area contributed by atoms with Crippen LogP contribution in [0.2, 0.25) is 0 Å². The standard InChI is InChI=1S/C14H11FN2/c1-9-11(8-16)13(17)7-12(15)14(9)10-5-3-2-4-6-10/h2-7H,17H2,1H3. The molecule has 0 atom stereocenters. The molecule has 2 aromatic rings. The van der Waals surface area contributed by atoms with Crippen LogP contribution in [0.5, 0.6) is 0 Å². The predicted octanol–water partition coefficient (Wildman–Crippen LogP) is 3.26. The molecule has 84 valence electrons. The van der Waals surface area contributed by atoms with E-state index in [9.17, 15) is 4.39 Å². The maximum Gasteiger partial charge on any atom is 0.133 e. The smallest absolute Gasteiger partial charge is 0.133 e. The van der Waals surface area contributed by atoms with Crippen LogP contribution >= 0.6 is 0 Å². The van der Waals surface area contributed by atoms with Gasteiger partial charge in [0, 0.05) is 5.56 Å². The minimum Gasteiger partial charge on any atom is -0.398 e. The molecule has 0 aliphatic rings. The number of anilines is 1. The Hall–Kier alpha value is -2.34. The highest BCUT2D eigenvalue weighted by Crippen LogP contribution is 2.31. The van der Waals surface area contributed by atoms with Crippen molar-refractivity contribution in [2.75, 3.05) is 5.73 Å². The second kappa shape index (κ2) is 4.26. The van der Waals surface area contributed by atoms with Crippen LogP contribution in [-0.4, -0.2) is 0 Å². The Labute approximate surface area is 99.1 Å². The number of halogens is 1. The van der Waals surface area contributed by atoms with E-state index >= 15 is 0 Å². The largest absolute Gasteiger partial charge is 0.398 e. The van der Waals surface area contributed by atoms with Crippen LogP contribution in [0.1, 0.15) is 11.1 Å². The van der Waals surface area contributed by atoms with E-state index in [0.717, 1.165) is 5.56 Å². The number of hydrogen-bond donors (Lipinski definition) is 1. The van der Waals surface area contributed by atoms with Crippen molar-refractivity contribution in [1.29, 1.82) is 5.26 Å². The van der Waals surface area contributed by atoms with E-state index < -0.39 is 5.82 Å². The average Bonchev–Trinajstić information content (AvgIpc) is 2.30. The van der Waals surface area contributed by atoms with Crippen molar-refractivity contribution in [3.63, 3.8) is 0 Å². The molecule has 2 rings (SSSR count). The molecule has 0 saturated heterocycles. The fraction of sp³-hybridized carbons (Fsp3) is 0.0714. The summed E-state index contributed by atoms with van der Waals surface area (Å²) >= 11 is 0. The van der Waals surface area contributed by atoms with Gasteiger partial charge in [-0.05, 0) is 24.1 Å². The molecule has 0 bridgehead atoms. The van der Waals surface area contributed by atoms with Crippen LogP contribution in [0.15, 0.2) is 36.4 Å². The van der Waals surface area contributed by atoms with Crippen LogP contribution in [0.4, 0.5) is 10.1 Å². The van der Waals surface area contributed by atoms with Crippen LogP contribution in [0, 0.1) is 24.1 Å². The normalized spacial score (nSPS) is 9.94. The highest BCUT2D eigenvalue weighted by Gasteiger charge is 2.14. The maximum atomic E-state index is 13.9. The molecule has 0 radical (unpaired) electrons. The molecule has 3 heteroatoms. The monoisotopic (exact) mass is 226 g/mol. The minimum absolute atomic E-state index is 0.183. The quantitative estimate of drug-likeness (QED) is 0.759. The Morgan fingerprint density at radius 2 is 1.88 bits per heavy atom. The van der Waals surface area contributed by atoms with E-state index in [1.54, 1.807) is 6.92 Å². The van der Waals surface area contributed by atoms with E-state index in [2.05, 4.69) is 0 Å². The molecule has 17 heavy (non-hydrogen) atoms. The first-order chi connectivity index (χ1) is 8.15. The van der Waals surface area contributed by atoms with Gasteiger partial charge in [-0.25, -0.2) is 4.39 Å². The van der Waals surface area contributed by atoms with Gasteiger partial charge >= 0.3 is 0 Å². The van der Waals surface area contributed by atoms with Crippen LogP contribution in [0.3, 0.4) is 0 Å². The first-order valence-electron chi connectivity index (χ1n) is 5.19. The SMILES string of the molecule is Cc1c(C#N)c(N)cc(F)c1-c1ccccc1. The van der Waals surface area contributed by atoms with Crippen molar-refractivity contribution in [2.45, 2.75) is 6.92 Å². The highest BCUT2D eigenvalue weighted by molar-refractivity contribution is 5.75. The van der Waals surface area contributed by atoms with E-state index in [1.807, 2.05) is 36.4 Å². The third-order valence-corrected chi connectivity index (χ3v) is 2.73. The lowest BCUT2D eigenvalue weighted by Gasteiger charge is -2.11. The van der Waals surface area contributed by atoms with Crippen molar-refractivity contribution in [3.05, 3.63) is 53.3 Å². The molecule has 0 aromatic heterocycles. The Morgan fingerprint density at radius 1 is 1.24 bits per heavy atom. The molecule has 0 aliphatic heterocycles. The van der Waals surface area contributed by atoms with E-state index in [4.69, 9.17) is 11.0 Å². The number of rotatable bonds is 1. The number of hydrogen-bond acceptors (Lipinski definition) is 2. The van der Waals surface area contributed by atoms with Crippen molar-refractivity contribution < 1.29 is 4.39 Å². The highest BCUT2D eigenvalue weighted by atomic mass is 19.1. The van der Waals surface area contributed by atoms with Gasteiger partial charge < -0.3 is 5.73 Å². The number of nitriles is 1. The Balaban J connectivity index is 2.76. The molecule has 2 nitrogen and oxygen atoms in total. The lowest BCUT2D eigenvalue weighted by Crippen LogP contribution is -1.99. The van der Waals surface area contributed by atoms with Gasteiger partial charge in [-0.1, -0.05) is 30.3 Å². The molecule has 0 fully saturated rings. The van der Waals surface area contributed by atoms with Crippen molar-refractivity contribution >= 4 is 5.69 Å². The topological polar surface area (TPSA) is 49.8 Å². The molecule has 0 spiro atoms. The van der Waals surface area contributed by atoms with Crippen LogP contribution in [-0.2, 0) is 0 Å². The predicted molar refractivity (Wildman–Crippen MR) is 65.7 cm³/mol. The first-order valence-corrected chi connectivity index (χ1v) is 5.19. The molecule has 0 heterocycles. The number of nitrogens with two attached hydrogens (primary N) is 1. The van der Waals surface area contributed by atoms with E-state index in [-0.39, 0.29) is 5.69 Å². The zero-order chi connectivity index (χ0) is 12.4. The van der Waals surface area contributed by atoms with Crippen molar-refractivity contribution in [3.8, 4) is 17.2 Å². The molecule has 2 N–H and O–H groups in total. The fourth-order valence-corrected chi connectivity index (χ4v) is 1.91. The zero-order valence-electron chi connectivity index (χ0n) is 9.37. The molecule has 0 aliphatic carbocycles. The number of nitrogen functional groups attached to an aromatic ring is 1. The maximum absolute atomic E-state index is 13.9. The fourth-order valence-electron chi connectivity index (χ4n) is 1.91. The summed E-state index contributed by atoms with van der Waals surface area (Å²) in [7, 11) is 0. The van der Waals surface area contributed by atoms with E-state index in [0.29, 0.717) is 16.7 Å². The second-order valence-corrected chi connectivity index (χ2v) is 3.80. The Bertz CT molecular complexity index is 598. The van der Waals surface area contributed by atoms with Gasteiger partial charge in [-0.15, -0.1) is 0 Å². The summed E-state index contributed by atoms with van der Waals surface area (Å²) in [5.41, 5.74) is 7.91. The zero-order valence-corrected chi connectivity index (χ0v) is 9.37. The van der Waals surface area contributed by atoms with Gasteiger partial charge in [-0.3, -0.25) is 0 Å². The van der Waals surface area contributed by atoms with Gasteiger partial charge in [0.15, 0.2) is 0 Å². The number of nitrogens with zero attached hydrogens (tertiary/aromatic N) is 1. The Morgan fingerprint density at radius 3 is 2.47 bits per heavy atom. The molecular formula is C14H11FN2. The molecular weight excluding hydrogens is 215 g/mol. The summed E-state index contributed by atoms with van der Waals surface area (Å²) in [6.45, 7) is 1.71. The number of benzene rings is 2. The van der Waals surface area contributed by atoms with Crippen LogP contribution < -0.4 is 5.73 Å². The Kier molecular flexibility index (Phi) is 2.80. The average molecular weight is 226 g/mol. The molecule has 0 amide bonds. The summed E-state index contributed by atoms with van der Waals surface area (Å²) in [5.74, 6) is -0.398.